The molecule has 2 amide bonds. The Labute approximate surface area is 407 Å². The van der Waals surface area contributed by atoms with E-state index in [2.05, 4.69) is 35.5 Å². The molecular formula is C55H107N5O6. The minimum Gasteiger partial charge on any atom is -0.469 e. The molecule has 1 aliphatic rings. The first-order valence-corrected chi connectivity index (χ1v) is 28.1. The minimum absolute atomic E-state index is 0.116. The van der Waals surface area contributed by atoms with Gasteiger partial charge in [-0.2, -0.15) is 0 Å². The largest absolute Gasteiger partial charge is 0.469 e. The molecule has 66 heavy (non-hydrogen) atoms. The third-order valence-corrected chi connectivity index (χ3v) is 13.8. The number of hydrogen-bond donors (Lipinski definition) is 0. The Morgan fingerprint density at radius 3 is 0.879 bits per heavy atom. The highest BCUT2D eigenvalue weighted by Crippen LogP contribution is 2.15. The van der Waals surface area contributed by atoms with E-state index in [9.17, 15) is 19.2 Å². The second-order valence-electron chi connectivity index (χ2n) is 19.7. The highest BCUT2D eigenvalue weighted by Gasteiger charge is 2.26. The van der Waals surface area contributed by atoms with E-state index in [4.69, 9.17) is 9.47 Å². The van der Waals surface area contributed by atoms with Crippen LogP contribution in [-0.2, 0) is 28.7 Å². The van der Waals surface area contributed by atoms with Crippen molar-refractivity contribution in [2.24, 2.45) is 0 Å². The van der Waals surface area contributed by atoms with E-state index < -0.39 is 0 Å². The van der Waals surface area contributed by atoms with Crippen molar-refractivity contribution in [3.63, 3.8) is 0 Å². The number of ether oxygens (including phenoxy) is 2. The molecule has 0 bridgehead atoms. The van der Waals surface area contributed by atoms with Crippen LogP contribution in [0.4, 0.5) is 0 Å². The van der Waals surface area contributed by atoms with Gasteiger partial charge in [0, 0.05) is 52.1 Å². The van der Waals surface area contributed by atoms with Crippen LogP contribution in [0.25, 0.3) is 0 Å². The van der Waals surface area contributed by atoms with Crippen LogP contribution in [0.15, 0.2) is 0 Å². The summed E-state index contributed by atoms with van der Waals surface area (Å²) < 4.78 is 9.63. The summed E-state index contributed by atoms with van der Waals surface area (Å²) in [5, 5.41) is 0. The van der Waals surface area contributed by atoms with Crippen LogP contribution in [0.5, 0.6) is 0 Å². The summed E-state index contributed by atoms with van der Waals surface area (Å²) in [5.41, 5.74) is 0. The van der Waals surface area contributed by atoms with Gasteiger partial charge in [-0.05, 0) is 77.7 Å². The number of rotatable bonds is 47. The van der Waals surface area contributed by atoms with Crippen molar-refractivity contribution < 1.29 is 28.7 Å². The number of methoxy groups -OCH3 is 2. The van der Waals surface area contributed by atoms with Gasteiger partial charge in [0.1, 0.15) is 0 Å². The van der Waals surface area contributed by atoms with Gasteiger partial charge in [-0.25, -0.2) is 0 Å². The standard InChI is InChI=1S/C55H107N5O6/c1-6-9-12-15-18-25-32-39-56(40-33-28-21-23-30-37-54(63)65-4)44-45-58(43-36-29-22-24-31-38-55(64)66-5)51-53(62)60-48-46-59(47-49-60)52(61)50-57(41-34-26-19-16-13-10-7-2)42-35-27-20-17-14-11-8-3/h6-51H2,1-5H3. The summed E-state index contributed by atoms with van der Waals surface area (Å²) in [5.74, 6) is 0.160. The van der Waals surface area contributed by atoms with E-state index >= 15 is 0 Å². The first-order valence-electron chi connectivity index (χ1n) is 28.1. The molecule has 0 radical (unpaired) electrons. The van der Waals surface area contributed by atoms with Crippen molar-refractivity contribution in [1.82, 2.24) is 24.5 Å². The van der Waals surface area contributed by atoms with Crippen LogP contribution in [0.1, 0.15) is 233 Å². The molecule has 1 fully saturated rings. The summed E-state index contributed by atoms with van der Waals surface area (Å²) in [6.45, 7) is 17.1. The topological polar surface area (TPSA) is 103 Å². The van der Waals surface area contributed by atoms with Crippen molar-refractivity contribution in [2.45, 2.75) is 233 Å². The molecule has 0 aromatic carbocycles. The lowest BCUT2D eigenvalue weighted by Crippen LogP contribution is -2.54. The molecule has 0 aliphatic carbocycles. The molecule has 1 aliphatic heterocycles. The van der Waals surface area contributed by atoms with E-state index in [-0.39, 0.29) is 23.8 Å². The lowest BCUT2D eigenvalue weighted by Gasteiger charge is -2.37. The molecule has 0 atom stereocenters. The average Bonchev–Trinajstić information content (AvgIpc) is 3.33. The molecule has 0 saturated carbocycles. The van der Waals surface area contributed by atoms with Gasteiger partial charge in [-0.15, -0.1) is 0 Å². The number of esters is 2. The van der Waals surface area contributed by atoms with Gasteiger partial charge in [0.05, 0.1) is 27.3 Å². The van der Waals surface area contributed by atoms with Crippen LogP contribution < -0.4 is 0 Å². The monoisotopic (exact) mass is 934 g/mol. The SMILES string of the molecule is CCCCCCCCCN(CCCCCCCC(=O)OC)CCN(CCCCCCCC(=O)OC)CC(=O)N1CCN(C(=O)CN(CCCCCCCCC)CCCCCCCCC)CC1. The van der Waals surface area contributed by atoms with Gasteiger partial charge in [0.25, 0.3) is 0 Å². The molecule has 0 aromatic heterocycles. The van der Waals surface area contributed by atoms with Crippen molar-refractivity contribution in [3.8, 4) is 0 Å². The average molecular weight is 934 g/mol. The van der Waals surface area contributed by atoms with Gasteiger partial charge < -0.3 is 24.2 Å². The fourth-order valence-electron chi connectivity index (χ4n) is 9.30. The zero-order valence-corrected chi connectivity index (χ0v) is 44.2. The number of amides is 2. The summed E-state index contributed by atoms with van der Waals surface area (Å²) in [6, 6.07) is 0. The van der Waals surface area contributed by atoms with Gasteiger partial charge in [0.15, 0.2) is 0 Å². The van der Waals surface area contributed by atoms with Crippen LogP contribution in [-0.4, -0.2) is 148 Å². The summed E-state index contributed by atoms with van der Waals surface area (Å²) in [7, 11) is 2.91. The maximum absolute atomic E-state index is 14.0. The Morgan fingerprint density at radius 1 is 0.333 bits per heavy atom. The second-order valence-corrected chi connectivity index (χ2v) is 19.7. The fraction of sp³-hybridized carbons (Fsp3) is 0.927. The lowest BCUT2D eigenvalue weighted by molar-refractivity contribution is -0.141. The van der Waals surface area contributed by atoms with Crippen LogP contribution in [0.2, 0.25) is 0 Å². The van der Waals surface area contributed by atoms with Crippen molar-refractivity contribution in [1.29, 1.82) is 0 Å². The Morgan fingerprint density at radius 2 is 0.576 bits per heavy atom. The molecule has 388 valence electrons. The minimum atomic E-state index is -0.135. The Kier molecular flexibility index (Phi) is 42.3. The predicted molar refractivity (Wildman–Crippen MR) is 276 cm³/mol. The molecule has 11 nitrogen and oxygen atoms in total. The van der Waals surface area contributed by atoms with E-state index in [1.54, 1.807) is 0 Å². The number of hydrogen-bond acceptors (Lipinski definition) is 9. The molecule has 1 rings (SSSR count). The lowest BCUT2D eigenvalue weighted by atomic mass is 10.1. The van der Waals surface area contributed by atoms with E-state index in [1.807, 2.05) is 9.80 Å². The van der Waals surface area contributed by atoms with Gasteiger partial charge in [-0.3, -0.25) is 29.0 Å². The highest BCUT2D eigenvalue weighted by molar-refractivity contribution is 5.80. The molecule has 0 unspecified atom stereocenters. The molecular weight excluding hydrogens is 827 g/mol. The van der Waals surface area contributed by atoms with Crippen LogP contribution >= 0.6 is 0 Å². The van der Waals surface area contributed by atoms with Gasteiger partial charge in [0.2, 0.25) is 11.8 Å². The number of carbonyl (C=O) groups excluding carboxylic acids is 4. The quantitative estimate of drug-likeness (QED) is 0.0436. The highest BCUT2D eigenvalue weighted by atomic mass is 16.5. The van der Waals surface area contributed by atoms with Crippen molar-refractivity contribution in [3.05, 3.63) is 0 Å². The third-order valence-electron chi connectivity index (χ3n) is 13.8. The summed E-state index contributed by atoms with van der Waals surface area (Å²) in [6.07, 6.45) is 38.5. The van der Waals surface area contributed by atoms with Crippen molar-refractivity contribution in [2.75, 3.05) is 99.3 Å². The first kappa shape index (κ1) is 61.8. The molecule has 0 spiro atoms. The van der Waals surface area contributed by atoms with Crippen molar-refractivity contribution >= 4 is 23.8 Å². The van der Waals surface area contributed by atoms with Gasteiger partial charge >= 0.3 is 11.9 Å². The van der Waals surface area contributed by atoms with E-state index in [0.717, 1.165) is 110 Å². The summed E-state index contributed by atoms with van der Waals surface area (Å²) in [4.78, 5) is 62.3. The van der Waals surface area contributed by atoms with Gasteiger partial charge in [-0.1, -0.05) is 175 Å². The Hall–Kier alpha value is -2.24. The number of piperazine rings is 1. The molecule has 0 N–H and O–H groups in total. The smallest absolute Gasteiger partial charge is 0.305 e. The fourth-order valence-corrected chi connectivity index (χ4v) is 9.30. The van der Waals surface area contributed by atoms with E-state index in [1.165, 1.54) is 149 Å². The van der Waals surface area contributed by atoms with Crippen LogP contribution in [0, 0.1) is 0 Å². The van der Waals surface area contributed by atoms with Crippen LogP contribution in [0.3, 0.4) is 0 Å². The Balaban J connectivity index is 2.82. The normalized spacial score (nSPS) is 13.1. The maximum Gasteiger partial charge on any atom is 0.305 e. The summed E-state index contributed by atoms with van der Waals surface area (Å²) >= 11 is 0. The zero-order valence-electron chi connectivity index (χ0n) is 44.2. The number of carbonyl (C=O) groups is 4. The molecule has 11 heteroatoms. The van der Waals surface area contributed by atoms with E-state index in [0.29, 0.717) is 52.1 Å². The maximum atomic E-state index is 14.0. The second kappa shape index (κ2) is 45.2. The number of nitrogens with zero attached hydrogens (tertiary/aromatic N) is 5. The third kappa shape index (κ3) is 35.8. The number of unbranched alkanes of at least 4 members (excludes halogenated alkanes) is 26. The first-order chi connectivity index (χ1) is 32.3. The zero-order chi connectivity index (χ0) is 48.1. The Bertz CT molecular complexity index is 1130. The predicted octanol–water partition coefficient (Wildman–Crippen LogP) is 11.8. The molecule has 0 aromatic rings. The molecule has 1 saturated heterocycles. The molecule has 1 heterocycles.